The predicted octanol–water partition coefficient (Wildman–Crippen LogP) is 3.30. The van der Waals surface area contributed by atoms with E-state index in [0.717, 1.165) is 17.7 Å². The van der Waals surface area contributed by atoms with Crippen molar-refractivity contribution in [3.05, 3.63) is 33.9 Å². The third-order valence-electron chi connectivity index (χ3n) is 4.16. The van der Waals surface area contributed by atoms with Gasteiger partial charge in [-0.25, -0.2) is 0 Å². The molecule has 1 aromatic carbocycles. The van der Waals surface area contributed by atoms with E-state index < -0.39 is 4.92 Å². The number of carbonyl (C=O) groups excluding carboxylic acids is 1. The van der Waals surface area contributed by atoms with Crippen LogP contribution in [0.15, 0.2) is 18.2 Å². The van der Waals surface area contributed by atoms with E-state index in [1.165, 1.54) is 12.5 Å². The molecule has 6 heteroatoms. The van der Waals surface area contributed by atoms with Gasteiger partial charge >= 0.3 is 5.97 Å². The molecule has 2 unspecified atom stereocenters. The number of nitro groups is 1. The van der Waals surface area contributed by atoms with Gasteiger partial charge in [-0.1, -0.05) is 6.92 Å². The molecule has 2 atom stereocenters. The number of rotatable bonds is 7. The second-order valence-electron chi connectivity index (χ2n) is 5.71. The molecule has 0 amide bonds. The molecule has 120 valence electrons. The molecule has 0 spiro atoms. The molecular formula is C16H22N2O4. The van der Waals surface area contributed by atoms with Crippen molar-refractivity contribution in [2.45, 2.75) is 45.6 Å². The zero-order valence-corrected chi connectivity index (χ0v) is 13.0. The summed E-state index contributed by atoms with van der Waals surface area (Å²) in [7, 11) is 0. The van der Waals surface area contributed by atoms with Crippen LogP contribution in [-0.2, 0) is 16.0 Å². The monoisotopic (exact) mass is 306 g/mol. The molecule has 1 aromatic rings. The average Bonchev–Trinajstić information content (AvgIpc) is 2.49. The first-order valence-electron chi connectivity index (χ1n) is 7.70. The van der Waals surface area contributed by atoms with E-state index in [0.29, 0.717) is 25.0 Å². The molecule has 0 aliphatic heterocycles. The van der Waals surface area contributed by atoms with Crippen LogP contribution in [0.5, 0.6) is 0 Å². The third kappa shape index (κ3) is 3.96. The van der Waals surface area contributed by atoms with Gasteiger partial charge in [0.1, 0.15) is 0 Å². The van der Waals surface area contributed by atoms with Gasteiger partial charge in [-0.2, -0.15) is 0 Å². The topological polar surface area (TPSA) is 81.5 Å². The van der Waals surface area contributed by atoms with Crippen LogP contribution >= 0.6 is 0 Å². The summed E-state index contributed by atoms with van der Waals surface area (Å²) < 4.78 is 4.92. The van der Waals surface area contributed by atoms with E-state index >= 15 is 0 Å². The number of nitro benzene ring substituents is 1. The molecular weight excluding hydrogens is 284 g/mol. The quantitative estimate of drug-likeness (QED) is 0.475. The molecule has 0 radical (unpaired) electrons. The molecule has 0 aromatic heterocycles. The van der Waals surface area contributed by atoms with Crippen molar-refractivity contribution in [3.8, 4) is 0 Å². The summed E-state index contributed by atoms with van der Waals surface area (Å²) in [5, 5.41) is 14.4. The Bertz CT molecular complexity index is 559. The summed E-state index contributed by atoms with van der Waals surface area (Å²) in [6.45, 7) is 4.29. The Morgan fingerprint density at radius 2 is 2.23 bits per heavy atom. The number of hydrogen-bond donors (Lipinski definition) is 1. The standard InChI is InChI=1S/C16H22N2O4/c1-3-22-16(19)9-5-12-10-13(18(20)21)6-8-15(12)17-14-7-4-11(14)2/h6,8,10-11,14,17H,3-5,7,9H2,1-2H3. The first kappa shape index (κ1) is 16.3. The van der Waals surface area contributed by atoms with E-state index in [2.05, 4.69) is 12.2 Å². The van der Waals surface area contributed by atoms with Gasteiger partial charge in [-0.15, -0.1) is 0 Å². The number of ether oxygens (including phenoxy) is 1. The molecule has 1 N–H and O–H groups in total. The van der Waals surface area contributed by atoms with Crippen molar-refractivity contribution >= 4 is 17.3 Å². The Morgan fingerprint density at radius 1 is 1.45 bits per heavy atom. The number of non-ortho nitro benzene ring substituents is 1. The Morgan fingerprint density at radius 3 is 2.77 bits per heavy atom. The van der Waals surface area contributed by atoms with Gasteiger partial charge in [0.25, 0.3) is 5.69 Å². The second kappa shape index (κ2) is 7.24. The van der Waals surface area contributed by atoms with Crippen LogP contribution in [0.2, 0.25) is 0 Å². The van der Waals surface area contributed by atoms with E-state index in [4.69, 9.17) is 4.74 Å². The van der Waals surface area contributed by atoms with Crippen LogP contribution < -0.4 is 5.32 Å². The first-order valence-corrected chi connectivity index (χ1v) is 7.70. The first-order chi connectivity index (χ1) is 10.5. The number of aryl methyl sites for hydroxylation is 1. The lowest BCUT2D eigenvalue weighted by molar-refractivity contribution is -0.384. The molecule has 1 aliphatic carbocycles. The molecule has 2 rings (SSSR count). The fraction of sp³-hybridized carbons (Fsp3) is 0.562. The highest BCUT2D eigenvalue weighted by Gasteiger charge is 2.27. The lowest BCUT2D eigenvalue weighted by Crippen LogP contribution is -2.36. The highest BCUT2D eigenvalue weighted by atomic mass is 16.6. The molecule has 1 saturated carbocycles. The summed E-state index contributed by atoms with van der Waals surface area (Å²) in [5.74, 6) is 0.324. The largest absolute Gasteiger partial charge is 0.466 e. The average molecular weight is 306 g/mol. The van der Waals surface area contributed by atoms with Gasteiger partial charge < -0.3 is 10.1 Å². The SMILES string of the molecule is CCOC(=O)CCc1cc([N+](=O)[O-])ccc1NC1CCC1C. The Labute approximate surface area is 130 Å². The van der Waals surface area contributed by atoms with Crippen molar-refractivity contribution in [3.63, 3.8) is 0 Å². The maximum absolute atomic E-state index is 11.5. The fourth-order valence-corrected chi connectivity index (χ4v) is 2.59. The maximum atomic E-state index is 11.5. The van der Waals surface area contributed by atoms with Crippen LogP contribution in [0.3, 0.4) is 0 Å². The smallest absolute Gasteiger partial charge is 0.306 e. The van der Waals surface area contributed by atoms with Gasteiger partial charge in [-0.05, 0) is 43.7 Å². The molecule has 1 aliphatic rings. The zero-order chi connectivity index (χ0) is 16.1. The lowest BCUT2D eigenvalue weighted by Gasteiger charge is -2.35. The summed E-state index contributed by atoms with van der Waals surface area (Å²) in [5.41, 5.74) is 1.72. The summed E-state index contributed by atoms with van der Waals surface area (Å²) in [4.78, 5) is 22.0. The van der Waals surface area contributed by atoms with E-state index in [-0.39, 0.29) is 18.1 Å². The number of nitrogens with one attached hydrogen (secondary N) is 1. The number of nitrogens with zero attached hydrogens (tertiary/aromatic N) is 1. The van der Waals surface area contributed by atoms with Crippen LogP contribution in [0, 0.1) is 16.0 Å². The number of carbonyl (C=O) groups is 1. The Balaban J connectivity index is 2.12. The Hall–Kier alpha value is -2.11. The van der Waals surface area contributed by atoms with Crippen molar-refractivity contribution in [2.75, 3.05) is 11.9 Å². The third-order valence-corrected chi connectivity index (χ3v) is 4.16. The van der Waals surface area contributed by atoms with Crippen molar-refractivity contribution in [2.24, 2.45) is 5.92 Å². The predicted molar refractivity (Wildman–Crippen MR) is 83.9 cm³/mol. The fourth-order valence-electron chi connectivity index (χ4n) is 2.59. The summed E-state index contributed by atoms with van der Waals surface area (Å²) in [6.07, 6.45) is 2.96. The van der Waals surface area contributed by atoms with Crippen LogP contribution in [0.1, 0.15) is 38.7 Å². The summed E-state index contributed by atoms with van der Waals surface area (Å²) in [6, 6.07) is 5.19. The van der Waals surface area contributed by atoms with Crippen molar-refractivity contribution in [1.29, 1.82) is 0 Å². The van der Waals surface area contributed by atoms with Gasteiger partial charge in [0, 0.05) is 30.3 Å². The number of hydrogen-bond acceptors (Lipinski definition) is 5. The highest BCUT2D eigenvalue weighted by Crippen LogP contribution is 2.32. The summed E-state index contributed by atoms with van der Waals surface area (Å²) >= 11 is 0. The molecule has 1 fully saturated rings. The van der Waals surface area contributed by atoms with Gasteiger partial charge in [0.05, 0.1) is 11.5 Å². The normalized spacial score (nSPS) is 20.1. The molecule has 0 heterocycles. The second-order valence-corrected chi connectivity index (χ2v) is 5.71. The number of esters is 1. The van der Waals surface area contributed by atoms with E-state index in [1.807, 2.05) is 0 Å². The van der Waals surface area contributed by atoms with Crippen LogP contribution in [-0.4, -0.2) is 23.5 Å². The minimum absolute atomic E-state index is 0.0473. The van der Waals surface area contributed by atoms with Gasteiger partial charge in [0.2, 0.25) is 0 Å². The lowest BCUT2D eigenvalue weighted by atomic mass is 9.81. The van der Waals surface area contributed by atoms with Crippen LogP contribution in [0.25, 0.3) is 0 Å². The Kier molecular flexibility index (Phi) is 5.35. The molecule has 22 heavy (non-hydrogen) atoms. The molecule has 6 nitrogen and oxygen atoms in total. The molecule has 0 bridgehead atoms. The van der Waals surface area contributed by atoms with Gasteiger partial charge in [0.15, 0.2) is 0 Å². The zero-order valence-electron chi connectivity index (χ0n) is 13.0. The number of benzene rings is 1. The molecule has 0 saturated heterocycles. The van der Waals surface area contributed by atoms with Crippen molar-refractivity contribution in [1.82, 2.24) is 0 Å². The van der Waals surface area contributed by atoms with Crippen LogP contribution in [0.4, 0.5) is 11.4 Å². The van der Waals surface area contributed by atoms with Gasteiger partial charge in [-0.3, -0.25) is 14.9 Å². The highest BCUT2D eigenvalue weighted by molar-refractivity contribution is 5.70. The van der Waals surface area contributed by atoms with E-state index in [9.17, 15) is 14.9 Å². The minimum Gasteiger partial charge on any atom is -0.466 e. The van der Waals surface area contributed by atoms with Crippen molar-refractivity contribution < 1.29 is 14.5 Å². The van der Waals surface area contributed by atoms with E-state index in [1.54, 1.807) is 19.1 Å². The maximum Gasteiger partial charge on any atom is 0.306 e. The minimum atomic E-state index is -0.413. The number of anilines is 1.